The lowest BCUT2D eigenvalue weighted by atomic mass is 10.2. The van der Waals surface area contributed by atoms with Crippen molar-refractivity contribution in [3.8, 4) is 0 Å². The van der Waals surface area contributed by atoms with Crippen molar-refractivity contribution in [1.29, 1.82) is 0 Å². The highest BCUT2D eigenvalue weighted by atomic mass is 28.4. The van der Waals surface area contributed by atoms with Crippen LogP contribution >= 0.6 is 0 Å². The Balaban J connectivity index is 4.50. The van der Waals surface area contributed by atoms with Gasteiger partial charge in [0.1, 0.15) is 13.4 Å². The van der Waals surface area contributed by atoms with Crippen LogP contribution in [0.2, 0.25) is 18.1 Å². The summed E-state index contributed by atoms with van der Waals surface area (Å²) < 4.78 is 27.0. The zero-order valence-electron chi connectivity index (χ0n) is 16.1. The van der Waals surface area contributed by atoms with E-state index in [9.17, 15) is 4.79 Å². The molecule has 0 radical (unpaired) electrons. The van der Waals surface area contributed by atoms with Gasteiger partial charge in [-0.2, -0.15) is 0 Å². The summed E-state index contributed by atoms with van der Waals surface area (Å²) in [5, 5.41) is 0.0931. The molecule has 0 aromatic carbocycles. The van der Waals surface area contributed by atoms with E-state index in [2.05, 4.69) is 40.4 Å². The first-order valence-electron chi connectivity index (χ1n) is 8.22. The van der Waals surface area contributed by atoms with Gasteiger partial charge < -0.3 is 23.4 Å². The zero-order valence-corrected chi connectivity index (χ0v) is 17.1. The van der Waals surface area contributed by atoms with Crippen molar-refractivity contribution < 1.29 is 28.2 Å². The largest absolute Gasteiger partial charge is 0.461 e. The van der Waals surface area contributed by atoms with Gasteiger partial charge in [-0.3, -0.25) is 4.79 Å². The molecule has 24 heavy (non-hydrogen) atoms. The molecular weight excluding hydrogens is 328 g/mol. The minimum absolute atomic E-state index is 0.0869. The SMILES string of the molecule is C=CCOC(=O)C[C@@H](CO[Si](C)(C)C(C)(C)C)OCOCCOC. The molecule has 0 heterocycles. The zero-order chi connectivity index (χ0) is 18.6. The second-order valence-corrected chi connectivity index (χ2v) is 11.9. The molecule has 0 aliphatic heterocycles. The summed E-state index contributed by atoms with van der Waals surface area (Å²) in [4.78, 5) is 11.8. The average molecular weight is 363 g/mol. The van der Waals surface area contributed by atoms with E-state index in [1.54, 1.807) is 7.11 Å². The molecule has 0 bridgehead atoms. The highest BCUT2D eigenvalue weighted by molar-refractivity contribution is 6.74. The summed E-state index contributed by atoms with van der Waals surface area (Å²) >= 11 is 0. The van der Waals surface area contributed by atoms with Crippen molar-refractivity contribution in [2.24, 2.45) is 0 Å². The molecule has 1 atom stereocenters. The molecule has 0 saturated heterocycles. The highest BCUT2D eigenvalue weighted by Gasteiger charge is 2.37. The van der Waals surface area contributed by atoms with Gasteiger partial charge in [0.2, 0.25) is 0 Å². The van der Waals surface area contributed by atoms with Crippen molar-refractivity contribution in [2.75, 3.05) is 40.3 Å². The van der Waals surface area contributed by atoms with Crippen molar-refractivity contribution >= 4 is 14.3 Å². The van der Waals surface area contributed by atoms with Crippen LogP contribution in [0.15, 0.2) is 12.7 Å². The number of esters is 1. The maximum Gasteiger partial charge on any atom is 0.308 e. The van der Waals surface area contributed by atoms with Crippen LogP contribution < -0.4 is 0 Å². The molecule has 0 spiro atoms. The number of carbonyl (C=O) groups excluding carboxylic acids is 1. The van der Waals surface area contributed by atoms with E-state index in [1.165, 1.54) is 6.08 Å². The van der Waals surface area contributed by atoms with Gasteiger partial charge in [-0.05, 0) is 18.1 Å². The van der Waals surface area contributed by atoms with E-state index in [1.807, 2.05) is 0 Å². The van der Waals surface area contributed by atoms with Gasteiger partial charge in [-0.1, -0.05) is 33.4 Å². The van der Waals surface area contributed by atoms with Gasteiger partial charge in [-0.15, -0.1) is 0 Å². The smallest absolute Gasteiger partial charge is 0.308 e. The Labute approximate surface area is 147 Å². The van der Waals surface area contributed by atoms with Gasteiger partial charge in [-0.25, -0.2) is 0 Å². The van der Waals surface area contributed by atoms with Gasteiger partial charge in [0, 0.05) is 7.11 Å². The Hall–Kier alpha value is -0.733. The van der Waals surface area contributed by atoms with Crippen molar-refractivity contribution in [1.82, 2.24) is 0 Å². The van der Waals surface area contributed by atoms with E-state index in [-0.39, 0.29) is 30.8 Å². The number of carbonyl (C=O) groups is 1. The van der Waals surface area contributed by atoms with Crippen LogP contribution in [-0.2, 0) is 28.2 Å². The maximum absolute atomic E-state index is 11.8. The van der Waals surface area contributed by atoms with E-state index < -0.39 is 14.4 Å². The van der Waals surface area contributed by atoms with Gasteiger partial charge in [0.15, 0.2) is 8.32 Å². The van der Waals surface area contributed by atoms with E-state index in [4.69, 9.17) is 23.4 Å². The summed E-state index contributed by atoms with van der Waals surface area (Å²) in [5.41, 5.74) is 0. The predicted octanol–water partition coefficient (Wildman–Crippen LogP) is 3.13. The van der Waals surface area contributed by atoms with E-state index >= 15 is 0 Å². The second-order valence-electron chi connectivity index (χ2n) is 7.05. The molecule has 0 aliphatic carbocycles. The Morgan fingerprint density at radius 3 is 2.46 bits per heavy atom. The second kappa shape index (κ2) is 11.8. The van der Waals surface area contributed by atoms with Crippen LogP contribution in [0.4, 0.5) is 0 Å². The topological polar surface area (TPSA) is 63.2 Å². The minimum atomic E-state index is -1.91. The lowest BCUT2D eigenvalue weighted by Gasteiger charge is -2.37. The molecule has 0 aromatic rings. The highest BCUT2D eigenvalue weighted by Crippen LogP contribution is 2.36. The number of hydrogen-bond acceptors (Lipinski definition) is 6. The quantitative estimate of drug-likeness (QED) is 0.165. The molecule has 6 nitrogen and oxygen atoms in total. The summed E-state index contributed by atoms with van der Waals surface area (Å²) in [6.07, 6.45) is 1.25. The predicted molar refractivity (Wildman–Crippen MR) is 96.5 cm³/mol. The Morgan fingerprint density at radius 2 is 1.92 bits per heavy atom. The minimum Gasteiger partial charge on any atom is -0.461 e. The Morgan fingerprint density at radius 1 is 1.25 bits per heavy atom. The van der Waals surface area contributed by atoms with E-state index in [0.29, 0.717) is 19.8 Å². The van der Waals surface area contributed by atoms with Crippen LogP contribution in [0.3, 0.4) is 0 Å². The molecule has 0 rings (SSSR count). The molecule has 7 heteroatoms. The number of hydrogen-bond donors (Lipinski definition) is 0. The number of ether oxygens (including phenoxy) is 4. The van der Waals surface area contributed by atoms with Gasteiger partial charge in [0.25, 0.3) is 0 Å². The summed E-state index contributed by atoms with van der Waals surface area (Å²) in [6, 6.07) is 0. The molecule has 0 fully saturated rings. The van der Waals surface area contributed by atoms with Crippen LogP contribution in [0.25, 0.3) is 0 Å². The summed E-state index contributed by atoms with van der Waals surface area (Å²) in [7, 11) is -0.307. The Bertz CT molecular complexity index is 365. The van der Waals surface area contributed by atoms with Crippen molar-refractivity contribution in [3.63, 3.8) is 0 Å². The molecule has 0 amide bonds. The first kappa shape index (κ1) is 23.3. The average Bonchev–Trinajstić information content (AvgIpc) is 2.49. The van der Waals surface area contributed by atoms with E-state index in [0.717, 1.165) is 0 Å². The molecule has 0 aromatic heterocycles. The third-order valence-electron chi connectivity index (χ3n) is 4.01. The normalized spacial score (nSPS) is 13.6. The fourth-order valence-corrected chi connectivity index (χ4v) is 2.46. The molecule has 0 aliphatic rings. The standard InChI is InChI=1S/C17H34O6Si/c1-8-9-21-16(18)12-15(22-14-20-11-10-19-5)13-23-24(6,7)17(2,3)4/h8,15H,1,9-14H2,2-7H3/t15-/m0/s1. The lowest BCUT2D eigenvalue weighted by Crippen LogP contribution is -2.43. The van der Waals surface area contributed by atoms with Gasteiger partial charge in [0.05, 0.1) is 32.3 Å². The first-order chi connectivity index (χ1) is 11.1. The molecule has 0 N–H and O–H groups in total. The van der Waals surface area contributed by atoms with Crippen molar-refractivity contribution in [2.45, 2.75) is 51.4 Å². The lowest BCUT2D eigenvalue weighted by molar-refractivity contribution is -0.152. The Kier molecular flexibility index (Phi) is 11.4. The summed E-state index contributed by atoms with van der Waals surface area (Å²) in [5.74, 6) is -0.337. The fraction of sp³-hybridized carbons (Fsp3) is 0.824. The van der Waals surface area contributed by atoms with Crippen molar-refractivity contribution in [3.05, 3.63) is 12.7 Å². The third-order valence-corrected chi connectivity index (χ3v) is 8.51. The fourth-order valence-electron chi connectivity index (χ4n) is 1.43. The monoisotopic (exact) mass is 362 g/mol. The molecule has 142 valence electrons. The molecule has 0 unspecified atom stereocenters. The molecular formula is C17H34O6Si. The third kappa shape index (κ3) is 10.2. The van der Waals surface area contributed by atoms with Crippen LogP contribution in [0.1, 0.15) is 27.2 Å². The summed E-state index contributed by atoms with van der Waals surface area (Å²) in [6.45, 7) is 15.9. The van der Waals surface area contributed by atoms with Crippen LogP contribution in [0, 0.1) is 0 Å². The maximum atomic E-state index is 11.8. The molecule has 0 saturated carbocycles. The van der Waals surface area contributed by atoms with Gasteiger partial charge >= 0.3 is 5.97 Å². The number of methoxy groups -OCH3 is 1. The van der Waals surface area contributed by atoms with Crippen LogP contribution in [0.5, 0.6) is 0 Å². The number of rotatable bonds is 13. The van der Waals surface area contributed by atoms with Crippen LogP contribution in [-0.4, -0.2) is 60.7 Å². The first-order valence-corrected chi connectivity index (χ1v) is 11.1.